The predicted molar refractivity (Wildman–Crippen MR) is 106 cm³/mol. The fourth-order valence-corrected chi connectivity index (χ4v) is 2.52. The molecule has 0 radical (unpaired) electrons. The number of rotatable bonds is 11. The van der Waals surface area contributed by atoms with E-state index in [1.807, 2.05) is 44.2 Å². The number of esters is 1. The van der Waals surface area contributed by atoms with Crippen molar-refractivity contribution in [3.8, 4) is 11.5 Å². The summed E-state index contributed by atoms with van der Waals surface area (Å²) < 4.78 is 16.0. The summed E-state index contributed by atoms with van der Waals surface area (Å²) in [6, 6.07) is 16.9. The third-order valence-corrected chi connectivity index (χ3v) is 3.92. The number of nitrogens with one attached hydrogen (secondary N) is 1. The van der Waals surface area contributed by atoms with Gasteiger partial charge in [0.1, 0.15) is 18.1 Å². The number of benzene rings is 2. The molecule has 0 fully saturated rings. The van der Waals surface area contributed by atoms with Crippen LogP contribution in [0.1, 0.15) is 32.3 Å². The minimum Gasteiger partial charge on any atom is -0.489 e. The van der Waals surface area contributed by atoms with Crippen molar-refractivity contribution in [2.24, 2.45) is 0 Å². The van der Waals surface area contributed by atoms with Crippen LogP contribution in [-0.2, 0) is 20.9 Å². The van der Waals surface area contributed by atoms with Crippen molar-refractivity contribution in [3.05, 3.63) is 60.2 Å². The van der Waals surface area contributed by atoms with E-state index in [0.29, 0.717) is 18.1 Å². The monoisotopic (exact) mass is 385 g/mol. The number of carbonyl (C=O) groups excluding carboxylic acids is 2. The van der Waals surface area contributed by atoms with Crippen molar-refractivity contribution >= 4 is 11.9 Å². The van der Waals surface area contributed by atoms with E-state index < -0.39 is 5.97 Å². The summed E-state index contributed by atoms with van der Waals surface area (Å²) in [7, 11) is 0. The molecule has 0 bridgehead atoms. The van der Waals surface area contributed by atoms with Crippen LogP contribution in [0, 0.1) is 0 Å². The lowest BCUT2D eigenvalue weighted by atomic mass is 10.2. The molecule has 2 rings (SSSR count). The SMILES string of the molecule is CCCC(C)NC(=O)COC(=O)COc1ccc(OCc2ccccc2)cc1. The highest BCUT2D eigenvalue weighted by Crippen LogP contribution is 2.18. The van der Waals surface area contributed by atoms with Crippen LogP contribution in [0.4, 0.5) is 0 Å². The molecule has 0 heterocycles. The van der Waals surface area contributed by atoms with Gasteiger partial charge in [-0.3, -0.25) is 4.79 Å². The van der Waals surface area contributed by atoms with Crippen LogP contribution >= 0.6 is 0 Å². The van der Waals surface area contributed by atoms with Crippen molar-refractivity contribution in [2.75, 3.05) is 13.2 Å². The van der Waals surface area contributed by atoms with Gasteiger partial charge in [-0.25, -0.2) is 4.79 Å². The molecule has 1 atom stereocenters. The molecule has 1 amide bonds. The van der Waals surface area contributed by atoms with Crippen molar-refractivity contribution < 1.29 is 23.8 Å². The summed E-state index contributed by atoms with van der Waals surface area (Å²) in [5, 5.41) is 2.77. The normalized spacial score (nSPS) is 11.4. The lowest BCUT2D eigenvalue weighted by Gasteiger charge is -2.13. The van der Waals surface area contributed by atoms with Gasteiger partial charge in [0.15, 0.2) is 13.2 Å². The average Bonchev–Trinajstić information content (AvgIpc) is 2.71. The molecular formula is C22H27NO5. The average molecular weight is 385 g/mol. The van der Waals surface area contributed by atoms with E-state index in [1.165, 1.54) is 0 Å². The Labute approximate surface area is 165 Å². The summed E-state index contributed by atoms with van der Waals surface area (Å²) >= 11 is 0. The molecule has 0 saturated carbocycles. The summed E-state index contributed by atoms with van der Waals surface area (Å²) in [4.78, 5) is 23.4. The first-order chi connectivity index (χ1) is 13.6. The van der Waals surface area contributed by atoms with Gasteiger partial charge >= 0.3 is 5.97 Å². The van der Waals surface area contributed by atoms with Crippen molar-refractivity contribution in [1.29, 1.82) is 0 Å². The van der Waals surface area contributed by atoms with E-state index in [-0.39, 0.29) is 25.2 Å². The maximum Gasteiger partial charge on any atom is 0.344 e. The minimum atomic E-state index is -0.595. The highest BCUT2D eigenvalue weighted by molar-refractivity contribution is 5.81. The second kappa shape index (κ2) is 11.6. The molecule has 0 aromatic heterocycles. The first-order valence-corrected chi connectivity index (χ1v) is 9.41. The molecule has 0 aliphatic carbocycles. The number of amides is 1. The van der Waals surface area contributed by atoms with Gasteiger partial charge in [-0.15, -0.1) is 0 Å². The van der Waals surface area contributed by atoms with Crippen LogP contribution in [0.2, 0.25) is 0 Å². The largest absolute Gasteiger partial charge is 0.489 e. The zero-order chi connectivity index (χ0) is 20.2. The van der Waals surface area contributed by atoms with Crippen LogP contribution in [0.3, 0.4) is 0 Å². The lowest BCUT2D eigenvalue weighted by Crippen LogP contribution is -2.36. The predicted octanol–water partition coefficient (Wildman–Crippen LogP) is 3.49. The van der Waals surface area contributed by atoms with Crippen molar-refractivity contribution in [2.45, 2.75) is 39.3 Å². The molecular weight excluding hydrogens is 358 g/mol. The third-order valence-electron chi connectivity index (χ3n) is 3.92. The fourth-order valence-electron chi connectivity index (χ4n) is 2.52. The Kier molecular flexibility index (Phi) is 8.85. The standard InChI is InChI=1S/C22H27NO5/c1-3-7-17(2)23-21(24)15-28-22(25)16-27-20-12-10-19(11-13-20)26-14-18-8-5-4-6-9-18/h4-6,8-13,17H,3,7,14-16H2,1-2H3,(H,23,24). The maximum atomic E-state index is 11.7. The van der Waals surface area contributed by atoms with E-state index in [4.69, 9.17) is 14.2 Å². The zero-order valence-electron chi connectivity index (χ0n) is 16.4. The fraction of sp³-hybridized carbons (Fsp3) is 0.364. The van der Waals surface area contributed by atoms with Gasteiger partial charge in [0, 0.05) is 6.04 Å². The Bertz CT molecular complexity index is 730. The van der Waals surface area contributed by atoms with Crippen LogP contribution in [-0.4, -0.2) is 31.1 Å². The molecule has 6 heteroatoms. The van der Waals surface area contributed by atoms with E-state index in [0.717, 1.165) is 18.4 Å². The van der Waals surface area contributed by atoms with Gasteiger partial charge in [-0.2, -0.15) is 0 Å². The summed E-state index contributed by atoms with van der Waals surface area (Å²) in [6.45, 7) is 3.87. The molecule has 1 unspecified atom stereocenters. The lowest BCUT2D eigenvalue weighted by molar-refractivity contribution is -0.150. The van der Waals surface area contributed by atoms with Crippen molar-refractivity contribution in [3.63, 3.8) is 0 Å². The second-order valence-electron chi connectivity index (χ2n) is 6.45. The van der Waals surface area contributed by atoms with Gasteiger partial charge in [0.25, 0.3) is 5.91 Å². The first-order valence-electron chi connectivity index (χ1n) is 9.41. The Hall–Kier alpha value is -3.02. The van der Waals surface area contributed by atoms with Gasteiger partial charge in [0.2, 0.25) is 0 Å². The topological polar surface area (TPSA) is 73.9 Å². The summed E-state index contributed by atoms with van der Waals surface area (Å²) in [6.07, 6.45) is 1.86. The number of ether oxygens (including phenoxy) is 3. The van der Waals surface area contributed by atoms with Crippen LogP contribution in [0.25, 0.3) is 0 Å². The molecule has 0 spiro atoms. The number of carbonyl (C=O) groups is 2. The van der Waals surface area contributed by atoms with E-state index in [9.17, 15) is 9.59 Å². The summed E-state index contributed by atoms with van der Waals surface area (Å²) in [5.41, 5.74) is 1.08. The molecule has 6 nitrogen and oxygen atoms in total. The molecule has 0 aliphatic heterocycles. The van der Waals surface area contributed by atoms with Crippen LogP contribution in [0.5, 0.6) is 11.5 Å². The zero-order valence-corrected chi connectivity index (χ0v) is 16.4. The van der Waals surface area contributed by atoms with E-state index in [2.05, 4.69) is 5.32 Å². The molecule has 2 aromatic carbocycles. The Morgan fingerprint density at radius 1 is 0.929 bits per heavy atom. The molecule has 1 N–H and O–H groups in total. The Balaban J connectivity index is 1.66. The number of hydrogen-bond acceptors (Lipinski definition) is 5. The van der Waals surface area contributed by atoms with Gasteiger partial charge in [-0.1, -0.05) is 43.7 Å². The van der Waals surface area contributed by atoms with Crippen LogP contribution in [0.15, 0.2) is 54.6 Å². The molecule has 2 aromatic rings. The van der Waals surface area contributed by atoms with Gasteiger partial charge in [-0.05, 0) is 43.2 Å². The highest BCUT2D eigenvalue weighted by atomic mass is 16.6. The van der Waals surface area contributed by atoms with Crippen molar-refractivity contribution in [1.82, 2.24) is 5.32 Å². The highest BCUT2D eigenvalue weighted by Gasteiger charge is 2.10. The summed E-state index contributed by atoms with van der Waals surface area (Å²) in [5.74, 6) is 0.318. The maximum absolute atomic E-state index is 11.7. The van der Waals surface area contributed by atoms with Gasteiger partial charge in [0.05, 0.1) is 0 Å². The molecule has 28 heavy (non-hydrogen) atoms. The van der Waals surface area contributed by atoms with Crippen LogP contribution < -0.4 is 14.8 Å². The third kappa shape index (κ3) is 8.12. The van der Waals surface area contributed by atoms with Gasteiger partial charge < -0.3 is 19.5 Å². The quantitative estimate of drug-likeness (QED) is 0.600. The molecule has 0 saturated heterocycles. The first kappa shape index (κ1) is 21.3. The Morgan fingerprint density at radius 2 is 1.57 bits per heavy atom. The number of hydrogen-bond donors (Lipinski definition) is 1. The Morgan fingerprint density at radius 3 is 2.21 bits per heavy atom. The van der Waals surface area contributed by atoms with E-state index >= 15 is 0 Å². The minimum absolute atomic E-state index is 0.0649. The molecule has 0 aliphatic rings. The second-order valence-corrected chi connectivity index (χ2v) is 6.45. The smallest absolute Gasteiger partial charge is 0.344 e. The molecule has 150 valence electrons. The van der Waals surface area contributed by atoms with E-state index in [1.54, 1.807) is 24.3 Å².